The van der Waals surface area contributed by atoms with Gasteiger partial charge in [0.15, 0.2) is 17.1 Å². The number of piperidine rings is 1. The van der Waals surface area contributed by atoms with Crippen LogP contribution in [0.2, 0.25) is 0 Å². The molecule has 0 unspecified atom stereocenters. The number of rotatable bonds is 5. The number of pyridine rings is 1. The molecule has 10 nitrogen and oxygen atoms in total. The zero-order valence-electron chi connectivity index (χ0n) is 19.4. The Hall–Kier alpha value is -3.86. The van der Waals surface area contributed by atoms with Crippen molar-refractivity contribution < 1.29 is 14.3 Å². The highest BCUT2D eigenvalue weighted by Gasteiger charge is 2.26. The number of hydrogen-bond acceptors (Lipinski definition) is 7. The first-order valence-electron chi connectivity index (χ1n) is 11.8. The van der Waals surface area contributed by atoms with Crippen molar-refractivity contribution in [1.29, 1.82) is 0 Å². The summed E-state index contributed by atoms with van der Waals surface area (Å²) in [6.45, 7) is 2.12. The van der Waals surface area contributed by atoms with Crippen molar-refractivity contribution in [3.05, 3.63) is 70.7 Å². The number of nitrogens with one attached hydrogen (secondary N) is 2. The molecular weight excluding hydrogens is 526 g/mol. The van der Waals surface area contributed by atoms with E-state index in [1.165, 1.54) is 0 Å². The summed E-state index contributed by atoms with van der Waals surface area (Å²) < 4.78 is 13.4. The van der Waals surface area contributed by atoms with Gasteiger partial charge in [-0.1, -0.05) is 6.07 Å². The van der Waals surface area contributed by atoms with E-state index in [-0.39, 0.29) is 18.7 Å². The number of ether oxygens (including phenoxy) is 2. The van der Waals surface area contributed by atoms with E-state index >= 15 is 0 Å². The van der Waals surface area contributed by atoms with Crippen LogP contribution < -0.4 is 20.1 Å². The third-order valence-corrected chi connectivity index (χ3v) is 7.03. The van der Waals surface area contributed by atoms with E-state index in [9.17, 15) is 4.79 Å². The smallest absolute Gasteiger partial charge is 0.321 e. The summed E-state index contributed by atoms with van der Waals surface area (Å²) in [6.07, 6.45) is 7.01. The Kier molecular flexibility index (Phi) is 6.06. The molecule has 0 saturated carbocycles. The highest BCUT2D eigenvalue weighted by Crippen LogP contribution is 2.35. The summed E-state index contributed by atoms with van der Waals surface area (Å²) in [5.41, 5.74) is 3.53. The fourth-order valence-corrected chi connectivity index (χ4v) is 4.89. The van der Waals surface area contributed by atoms with Crippen LogP contribution in [0.25, 0.3) is 5.65 Å². The van der Waals surface area contributed by atoms with E-state index in [0.29, 0.717) is 36.8 Å². The number of nitrogens with zero attached hydrogens (tertiary/aromatic N) is 5. The van der Waals surface area contributed by atoms with Crippen LogP contribution in [-0.2, 0) is 6.54 Å². The largest absolute Gasteiger partial charge is 0.454 e. The first kappa shape index (κ1) is 22.6. The lowest BCUT2D eigenvalue weighted by atomic mass is 9.93. The minimum Gasteiger partial charge on any atom is -0.454 e. The molecule has 6 rings (SSSR count). The lowest BCUT2D eigenvalue weighted by Crippen LogP contribution is -2.40. The van der Waals surface area contributed by atoms with Gasteiger partial charge in [-0.15, -0.1) is 0 Å². The highest BCUT2D eigenvalue weighted by molar-refractivity contribution is 9.10. The van der Waals surface area contributed by atoms with Gasteiger partial charge in [0.05, 0.1) is 10.7 Å². The zero-order valence-corrected chi connectivity index (χ0v) is 20.9. The van der Waals surface area contributed by atoms with Gasteiger partial charge in [0.2, 0.25) is 6.79 Å². The molecule has 0 aliphatic carbocycles. The molecule has 3 aromatic heterocycles. The lowest BCUT2D eigenvalue weighted by Gasteiger charge is -2.32. The number of urea groups is 1. The quantitative estimate of drug-likeness (QED) is 0.373. The third kappa shape index (κ3) is 4.53. The fraction of sp³-hybridized carbons (Fsp3) is 0.280. The number of likely N-dealkylation sites (tertiary alicyclic amines) is 1. The fourth-order valence-electron chi connectivity index (χ4n) is 4.54. The van der Waals surface area contributed by atoms with Crippen LogP contribution in [0, 0.1) is 0 Å². The Morgan fingerprint density at radius 3 is 2.81 bits per heavy atom. The van der Waals surface area contributed by atoms with Crippen LogP contribution in [0.15, 0.2) is 59.5 Å². The molecule has 2 amide bonds. The van der Waals surface area contributed by atoms with Gasteiger partial charge in [-0.25, -0.2) is 9.78 Å². The topological polar surface area (TPSA) is 106 Å². The molecule has 0 spiro atoms. The molecule has 1 aromatic carbocycles. The second-order valence-electron chi connectivity index (χ2n) is 8.77. The second kappa shape index (κ2) is 9.65. The normalized spacial score (nSPS) is 15.3. The lowest BCUT2D eigenvalue weighted by molar-refractivity contribution is 0.174. The summed E-state index contributed by atoms with van der Waals surface area (Å²) in [6, 6.07) is 11.3. The number of halogens is 1. The van der Waals surface area contributed by atoms with Crippen LogP contribution in [0.3, 0.4) is 0 Å². The molecule has 4 aromatic rings. The Morgan fingerprint density at radius 1 is 1.11 bits per heavy atom. The van der Waals surface area contributed by atoms with Gasteiger partial charge in [-0.2, -0.15) is 9.61 Å². The van der Waals surface area contributed by atoms with E-state index in [1.54, 1.807) is 29.0 Å². The molecule has 184 valence electrons. The summed E-state index contributed by atoms with van der Waals surface area (Å²) >= 11 is 3.57. The van der Waals surface area contributed by atoms with Gasteiger partial charge in [-0.05, 0) is 52.5 Å². The molecule has 1 fully saturated rings. The zero-order chi connectivity index (χ0) is 24.5. The maximum atomic E-state index is 12.9. The molecule has 5 heterocycles. The SMILES string of the molecule is O=C(Nc1ccc2c(c1)OCO2)N1CCC(c2cc(NCc3cccnc3)n3ncc(Br)c3n2)CC1. The first-order valence-corrected chi connectivity index (χ1v) is 12.6. The molecule has 0 radical (unpaired) electrons. The van der Waals surface area contributed by atoms with Crippen LogP contribution in [0.4, 0.5) is 16.3 Å². The van der Waals surface area contributed by atoms with Crippen LogP contribution in [0.1, 0.15) is 30.0 Å². The number of carbonyl (C=O) groups excluding carboxylic acids is 1. The monoisotopic (exact) mass is 549 g/mol. The Bertz CT molecular complexity index is 1400. The molecular formula is C25H24BrN7O3. The van der Waals surface area contributed by atoms with Crippen LogP contribution in [-0.4, -0.2) is 50.4 Å². The van der Waals surface area contributed by atoms with Crippen molar-refractivity contribution in [2.75, 3.05) is 30.5 Å². The first-order chi connectivity index (χ1) is 17.6. The number of benzene rings is 1. The van der Waals surface area contributed by atoms with Crippen LogP contribution in [0.5, 0.6) is 11.5 Å². The van der Waals surface area contributed by atoms with E-state index < -0.39 is 0 Å². The Labute approximate surface area is 215 Å². The van der Waals surface area contributed by atoms with Gasteiger partial charge in [0.25, 0.3) is 0 Å². The van der Waals surface area contributed by atoms with Gasteiger partial charge in [-0.3, -0.25) is 4.98 Å². The molecule has 2 aliphatic rings. The number of carbonyl (C=O) groups is 1. The van der Waals surface area contributed by atoms with Crippen molar-refractivity contribution in [3.63, 3.8) is 0 Å². The predicted octanol–water partition coefficient (Wildman–Crippen LogP) is 4.64. The average molecular weight is 550 g/mol. The van der Waals surface area contributed by atoms with Crippen molar-refractivity contribution in [1.82, 2.24) is 24.5 Å². The van der Waals surface area contributed by atoms with E-state index in [0.717, 1.165) is 40.0 Å². The summed E-state index contributed by atoms with van der Waals surface area (Å²) in [5, 5.41) is 10.9. The van der Waals surface area contributed by atoms with E-state index in [1.807, 2.05) is 29.3 Å². The summed E-state index contributed by atoms with van der Waals surface area (Å²) in [7, 11) is 0. The Morgan fingerprint density at radius 2 is 1.97 bits per heavy atom. The van der Waals surface area contributed by atoms with Crippen molar-refractivity contribution in [2.45, 2.75) is 25.3 Å². The Balaban J connectivity index is 1.13. The minimum absolute atomic E-state index is 0.118. The predicted molar refractivity (Wildman–Crippen MR) is 137 cm³/mol. The molecule has 36 heavy (non-hydrogen) atoms. The van der Waals surface area contributed by atoms with Gasteiger partial charge < -0.3 is 25.0 Å². The third-order valence-electron chi connectivity index (χ3n) is 6.47. The minimum atomic E-state index is -0.118. The highest BCUT2D eigenvalue weighted by atomic mass is 79.9. The van der Waals surface area contributed by atoms with Crippen molar-refractivity contribution in [2.24, 2.45) is 0 Å². The maximum absolute atomic E-state index is 12.9. The van der Waals surface area contributed by atoms with E-state index in [2.05, 4.69) is 42.7 Å². The van der Waals surface area contributed by atoms with Crippen molar-refractivity contribution >= 4 is 39.1 Å². The average Bonchev–Trinajstić information content (AvgIpc) is 3.54. The number of anilines is 2. The molecule has 2 aliphatic heterocycles. The van der Waals surface area contributed by atoms with Gasteiger partial charge in [0.1, 0.15) is 5.82 Å². The van der Waals surface area contributed by atoms with Crippen LogP contribution >= 0.6 is 15.9 Å². The maximum Gasteiger partial charge on any atom is 0.321 e. The number of amides is 2. The molecule has 0 bridgehead atoms. The molecule has 2 N–H and O–H groups in total. The standard InChI is InChI=1S/C25H24BrN7O3/c26-19-14-29-33-23(28-13-16-2-1-7-27-12-16)11-20(31-24(19)33)17-5-8-32(9-6-17)25(34)30-18-3-4-21-22(10-18)36-15-35-21/h1-4,7,10-12,14,17,28H,5-6,8-9,13,15H2,(H,30,34). The molecule has 0 atom stereocenters. The number of aromatic nitrogens is 4. The number of fused-ring (bicyclic) bond motifs is 2. The number of hydrogen-bond donors (Lipinski definition) is 2. The molecule has 11 heteroatoms. The second-order valence-corrected chi connectivity index (χ2v) is 9.62. The molecule has 1 saturated heterocycles. The van der Waals surface area contributed by atoms with Gasteiger partial charge >= 0.3 is 6.03 Å². The summed E-state index contributed by atoms with van der Waals surface area (Å²) in [4.78, 5) is 23.8. The van der Waals surface area contributed by atoms with Crippen molar-refractivity contribution in [3.8, 4) is 11.5 Å². The summed E-state index contributed by atoms with van der Waals surface area (Å²) in [5.74, 6) is 2.45. The van der Waals surface area contributed by atoms with E-state index in [4.69, 9.17) is 14.5 Å². The van der Waals surface area contributed by atoms with Gasteiger partial charge in [0, 0.05) is 61.5 Å².